The van der Waals surface area contributed by atoms with Crippen LogP contribution in [0.15, 0.2) is 81.2 Å². The van der Waals surface area contributed by atoms with Crippen LogP contribution in [0.2, 0.25) is 5.02 Å². The highest BCUT2D eigenvalue weighted by Gasteiger charge is 2.57. The fourth-order valence-electron chi connectivity index (χ4n) is 5.12. The van der Waals surface area contributed by atoms with Gasteiger partial charge in [0.1, 0.15) is 17.6 Å². The van der Waals surface area contributed by atoms with Crippen molar-refractivity contribution in [1.82, 2.24) is 4.57 Å². The van der Waals surface area contributed by atoms with Crippen molar-refractivity contribution >= 4 is 69.8 Å². The van der Waals surface area contributed by atoms with Crippen LogP contribution in [0.25, 0.3) is 0 Å². The van der Waals surface area contributed by atoms with E-state index >= 15 is 0 Å². The molecule has 1 fully saturated rings. The number of amides is 3. The summed E-state index contributed by atoms with van der Waals surface area (Å²) < 4.78 is 12.1. The van der Waals surface area contributed by atoms with Crippen molar-refractivity contribution in [3.05, 3.63) is 97.8 Å². The summed E-state index contributed by atoms with van der Waals surface area (Å²) in [5.74, 6) is -2.97. The number of aromatic nitrogens is 1. The number of ether oxygens (including phenoxy) is 1. The Morgan fingerprint density at radius 1 is 1.02 bits per heavy atom. The topological polar surface area (TPSA) is 128 Å². The predicted molar refractivity (Wildman–Crippen MR) is 157 cm³/mol. The number of hydrogen-bond acceptors (Lipinski definition) is 9. The van der Waals surface area contributed by atoms with E-state index in [1.165, 1.54) is 35.1 Å². The number of carbonyl (C=O) groups is 4. The minimum atomic E-state index is -0.871. The Morgan fingerprint density at radius 3 is 2.43 bits per heavy atom. The number of thioether (sulfide) groups is 1. The van der Waals surface area contributed by atoms with Gasteiger partial charge < -0.3 is 14.5 Å². The molecule has 0 radical (unpaired) electrons. The van der Waals surface area contributed by atoms with Crippen molar-refractivity contribution in [2.75, 3.05) is 16.8 Å². The fourth-order valence-corrected chi connectivity index (χ4v) is 8.00. The van der Waals surface area contributed by atoms with E-state index in [1.807, 2.05) is 0 Å². The summed E-state index contributed by atoms with van der Waals surface area (Å²) in [6.07, 6.45) is 1.47. The minimum absolute atomic E-state index is 0.219. The molecule has 1 saturated heterocycles. The van der Waals surface area contributed by atoms with Gasteiger partial charge in [0.15, 0.2) is 0 Å². The van der Waals surface area contributed by atoms with Gasteiger partial charge in [0.05, 0.1) is 45.9 Å². The zero-order valence-electron chi connectivity index (χ0n) is 21.9. The van der Waals surface area contributed by atoms with Gasteiger partial charge in [-0.1, -0.05) is 34.7 Å². The van der Waals surface area contributed by atoms with Crippen LogP contribution in [0.1, 0.15) is 33.8 Å². The number of esters is 1. The largest absolute Gasteiger partial charge is 0.469 e. The lowest BCUT2D eigenvalue weighted by Gasteiger charge is -2.29. The molecule has 0 aliphatic carbocycles. The zero-order valence-corrected chi connectivity index (χ0v) is 24.3. The van der Waals surface area contributed by atoms with Gasteiger partial charge in [-0.15, -0.1) is 0 Å². The molecule has 42 heavy (non-hydrogen) atoms. The van der Waals surface area contributed by atoms with Gasteiger partial charge in [0, 0.05) is 10.7 Å². The van der Waals surface area contributed by atoms with Crippen LogP contribution in [-0.2, 0) is 25.7 Å². The normalized spacial score (nSPS) is 19.4. The maximum atomic E-state index is 13.9. The fraction of sp³-hybridized carbons (Fsp3) is 0.207. The molecule has 0 saturated carbocycles. The first kappa shape index (κ1) is 28.0. The van der Waals surface area contributed by atoms with Crippen LogP contribution in [0.3, 0.4) is 0 Å². The van der Waals surface area contributed by atoms with E-state index < -0.39 is 40.8 Å². The molecule has 3 atom stereocenters. The summed E-state index contributed by atoms with van der Waals surface area (Å²) in [6.45, 7) is 1.63. The Kier molecular flexibility index (Phi) is 7.52. The molecule has 2 aromatic carbocycles. The summed E-state index contributed by atoms with van der Waals surface area (Å²) >= 11 is 7.95. The predicted octanol–water partition coefficient (Wildman–Crippen LogP) is 4.77. The second-order valence-corrected chi connectivity index (χ2v) is 12.1. The van der Waals surface area contributed by atoms with Gasteiger partial charge in [0.2, 0.25) is 17.7 Å². The molecule has 3 unspecified atom stereocenters. The van der Waals surface area contributed by atoms with Gasteiger partial charge in [-0.3, -0.25) is 23.7 Å². The Balaban J connectivity index is 1.34. The molecular formula is C29H22ClN3O7S2. The summed E-state index contributed by atoms with van der Waals surface area (Å²) in [5.41, 5.74) is 1.13. The molecule has 0 bridgehead atoms. The Hall–Kier alpha value is -4.13. The van der Waals surface area contributed by atoms with Crippen molar-refractivity contribution in [2.24, 2.45) is 5.92 Å². The molecule has 10 nitrogen and oxygen atoms in total. The van der Waals surface area contributed by atoms with Crippen molar-refractivity contribution in [3.63, 3.8) is 0 Å². The molecule has 2 aliphatic rings. The Bertz CT molecular complexity index is 1750. The number of rotatable bonds is 7. The maximum absolute atomic E-state index is 13.9. The lowest BCUT2D eigenvalue weighted by molar-refractivity contribution is -0.122. The van der Waals surface area contributed by atoms with E-state index in [9.17, 15) is 24.0 Å². The second-order valence-electron chi connectivity index (χ2n) is 9.52. The van der Waals surface area contributed by atoms with Gasteiger partial charge >= 0.3 is 10.8 Å². The highest BCUT2D eigenvalue weighted by molar-refractivity contribution is 8.00. The van der Waals surface area contributed by atoms with Crippen LogP contribution in [0.4, 0.5) is 11.4 Å². The first-order valence-corrected chi connectivity index (χ1v) is 15.0. The van der Waals surface area contributed by atoms with Crippen molar-refractivity contribution in [1.29, 1.82) is 0 Å². The lowest BCUT2D eigenvalue weighted by Crippen LogP contribution is -2.32. The second kappa shape index (κ2) is 11.3. The molecule has 13 heteroatoms. The monoisotopic (exact) mass is 623 g/mol. The number of carbonyl (C=O) groups excluding carboxylic acids is 4. The summed E-state index contributed by atoms with van der Waals surface area (Å²) in [5, 5.41) is 2.84. The quantitative estimate of drug-likeness (QED) is 0.230. The number of fused-ring (bicyclic) bond motifs is 2. The van der Waals surface area contributed by atoms with Crippen LogP contribution in [-0.4, -0.2) is 40.1 Å². The number of nitrogens with one attached hydrogen (secondary N) is 1. The summed E-state index contributed by atoms with van der Waals surface area (Å²) in [6, 6.07) is 16.0. The van der Waals surface area contributed by atoms with E-state index in [4.69, 9.17) is 20.8 Å². The molecule has 6 rings (SSSR count). The van der Waals surface area contributed by atoms with E-state index in [-0.39, 0.29) is 18.0 Å². The molecular weight excluding hydrogens is 602 g/mol. The van der Waals surface area contributed by atoms with E-state index in [2.05, 4.69) is 5.32 Å². The van der Waals surface area contributed by atoms with Crippen LogP contribution >= 0.6 is 34.7 Å². The number of halogens is 1. The van der Waals surface area contributed by atoms with Crippen LogP contribution in [0.5, 0.6) is 0 Å². The average Bonchev–Trinajstić information content (AvgIpc) is 3.67. The smallest absolute Gasteiger partial charge is 0.338 e. The third kappa shape index (κ3) is 4.95. The standard InChI is InChI=1S/C29H22ClN3O7S2/c1-2-39-28(37)15-5-11-18(12-6-15)33-25(35)22-21(19-4-3-13-40-19)24-27(41-23(22)26(33)36)32(29(38)42-24)14-20(34)31-17-9-7-16(30)8-10-17/h3-13,21-23H,2,14H2,1H3,(H,31,34). The number of nitrogens with zero attached hydrogens (tertiary/aromatic N) is 2. The van der Waals surface area contributed by atoms with Gasteiger partial charge in [-0.2, -0.15) is 0 Å². The Morgan fingerprint density at radius 2 is 1.76 bits per heavy atom. The summed E-state index contributed by atoms with van der Waals surface area (Å²) in [7, 11) is 0. The highest BCUT2D eigenvalue weighted by atomic mass is 35.5. The van der Waals surface area contributed by atoms with Crippen molar-refractivity contribution in [2.45, 2.75) is 29.7 Å². The number of imide groups is 1. The number of benzene rings is 2. The third-order valence-corrected chi connectivity index (χ3v) is 9.82. The zero-order chi connectivity index (χ0) is 29.5. The van der Waals surface area contributed by atoms with Crippen molar-refractivity contribution in [3.8, 4) is 0 Å². The van der Waals surface area contributed by atoms with E-state index in [0.717, 1.165) is 28.0 Å². The molecule has 4 aromatic rings. The summed E-state index contributed by atoms with van der Waals surface area (Å²) in [4.78, 5) is 67.2. The first-order chi connectivity index (χ1) is 20.3. The first-order valence-electron chi connectivity index (χ1n) is 12.9. The van der Waals surface area contributed by atoms with Gasteiger partial charge in [-0.25, -0.2) is 9.69 Å². The van der Waals surface area contributed by atoms with Crippen LogP contribution < -0.4 is 15.1 Å². The highest BCUT2D eigenvalue weighted by Crippen LogP contribution is 2.53. The third-order valence-electron chi connectivity index (χ3n) is 6.97. The molecule has 1 N–H and O–H groups in total. The maximum Gasteiger partial charge on any atom is 0.338 e. The van der Waals surface area contributed by atoms with Gasteiger partial charge in [-0.05, 0) is 67.6 Å². The van der Waals surface area contributed by atoms with Gasteiger partial charge in [0.25, 0.3) is 0 Å². The SMILES string of the molecule is CCOC(=O)c1ccc(N2C(=O)C3Sc4c(sc(=O)n4CC(=O)Nc4ccc(Cl)cc4)C(c4ccco4)C3C2=O)cc1. The minimum Gasteiger partial charge on any atom is -0.469 e. The molecule has 0 spiro atoms. The average molecular weight is 624 g/mol. The molecule has 2 aromatic heterocycles. The van der Waals surface area contributed by atoms with E-state index in [1.54, 1.807) is 43.3 Å². The molecule has 2 aliphatic heterocycles. The molecule has 214 valence electrons. The Labute approximate surface area is 252 Å². The molecule has 4 heterocycles. The number of hydrogen-bond donors (Lipinski definition) is 1. The molecule has 3 amide bonds. The number of thiazole rings is 1. The van der Waals surface area contributed by atoms with E-state index in [0.29, 0.717) is 37.6 Å². The number of furan rings is 1. The van der Waals surface area contributed by atoms with Crippen molar-refractivity contribution < 1.29 is 28.3 Å². The van der Waals surface area contributed by atoms with Crippen LogP contribution in [0, 0.1) is 5.92 Å². The lowest BCUT2D eigenvalue weighted by atomic mass is 9.87. The number of anilines is 2.